The SMILES string of the molecule is CCCOc1ccc(CNC(=NC)NC2CCN(c3cccc(C)n3)CC2)cn1. The molecule has 7 nitrogen and oxygen atoms in total. The number of hydrogen-bond acceptors (Lipinski definition) is 5. The summed E-state index contributed by atoms with van der Waals surface area (Å²) in [5, 5.41) is 6.92. The van der Waals surface area contributed by atoms with Gasteiger partial charge in [-0.2, -0.15) is 0 Å². The van der Waals surface area contributed by atoms with Gasteiger partial charge in [-0.15, -0.1) is 0 Å². The second-order valence-electron chi connectivity index (χ2n) is 7.32. The number of nitrogens with one attached hydrogen (secondary N) is 2. The van der Waals surface area contributed by atoms with Crippen molar-refractivity contribution in [3.8, 4) is 5.88 Å². The maximum Gasteiger partial charge on any atom is 0.213 e. The summed E-state index contributed by atoms with van der Waals surface area (Å²) in [6, 6.07) is 10.6. The molecule has 3 rings (SSSR count). The van der Waals surface area contributed by atoms with Crippen LogP contribution in [0.15, 0.2) is 41.5 Å². The summed E-state index contributed by atoms with van der Waals surface area (Å²) in [7, 11) is 1.81. The van der Waals surface area contributed by atoms with Crippen LogP contribution in [0.2, 0.25) is 0 Å². The first kappa shape index (κ1) is 20.9. The number of hydrogen-bond donors (Lipinski definition) is 2. The van der Waals surface area contributed by atoms with Gasteiger partial charge in [0, 0.05) is 50.7 Å². The highest BCUT2D eigenvalue weighted by atomic mass is 16.5. The lowest BCUT2D eigenvalue weighted by atomic mass is 10.1. The van der Waals surface area contributed by atoms with Crippen LogP contribution in [-0.2, 0) is 6.54 Å². The Balaban J connectivity index is 1.43. The van der Waals surface area contributed by atoms with E-state index in [1.165, 1.54) is 0 Å². The topological polar surface area (TPSA) is 74.7 Å². The molecule has 0 amide bonds. The fraction of sp³-hybridized carbons (Fsp3) is 0.500. The third-order valence-corrected chi connectivity index (χ3v) is 4.97. The zero-order valence-corrected chi connectivity index (χ0v) is 17.7. The van der Waals surface area contributed by atoms with Crippen LogP contribution in [0.25, 0.3) is 0 Å². The fourth-order valence-electron chi connectivity index (χ4n) is 3.34. The fourth-order valence-corrected chi connectivity index (χ4v) is 3.34. The molecule has 2 aromatic heterocycles. The van der Waals surface area contributed by atoms with Gasteiger partial charge in [-0.25, -0.2) is 9.97 Å². The van der Waals surface area contributed by atoms with Crippen molar-refractivity contribution in [2.24, 2.45) is 4.99 Å². The maximum atomic E-state index is 5.53. The van der Waals surface area contributed by atoms with Crippen molar-refractivity contribution >= 4 is 11.8 Å². The summed E-state index contributed by atoms with van der Waals surface area (Å²) in [4.78, 5) is 15.7. The number of aryl methyl sites for hydroxylation is 1. The van der Waals surface area contributed by atoms with Crippen LogP contribution in [0, 0.1) is 6.92 Å². The third-order valence-electron chi connectivity index (χ3n) is 4.97. The highest BCUT2D eigenvalue weighted by Crippen LogP contribution is 2.18. The number of nitrogens with zero attached hydrogens (tertiary/aromatic N) is 4. The molecule has 2 N–H and O–H groups in total. The van der Waals surface area contributed by atoms with Gasteiger partial charge in [0.1, 0.15) is 5.82 Å². The summed E-state index contributed by atoms with van der Waals surface area (Å²) < 4.78 is 5.53. The van der Waals surface area contributed by atoms with Gasteiger partial charge in [-0.3, -0.25) is 4.99 Å². The number of anilines is 1. The molecule has 1 fully saturated rings. The van der Waals surface area contributed by atoms with Crippen molar-refractivity contribution in [2.75, 3.05) is 31.6 Å². The first-order valence-corrected chi connectivity index (χ1v) is 10.4. The molecule has 0 aromatic carbocycles. The van der Waals surface area contributed by atoms with Gasteiger partial charge in [0.2, 0.25) is 5.88 Å². The number of aromatic nitrogens is 2. The van der Waals surface area contributed by atoms with Gasteiger partial charge in [0.05, 0.1) is 6.61 Å². The zero-order chi connectivity index (χ0) is 20.5. The molecule has 0 spiro atoms. The van der Waals surface area contributed by atoms with E-state index in [0.717, 1.165) is 55.4 Å². The Morgan fingerprint density at radius 3 is 2.72 bits per heavy atom. The van der Waals surface area contributed by atoms with Crippen molar-refractivity contribution in [1.29, 1.82) is 0 Å². The van der Waals surface area contributed by atoms with E-state index < -0.39 is 0 Å². The van der Waals surface area contributed by atoms with Gasteiger partial charge in [0.25, 0.3) is 0 Å². The van der Waals surface area contributed by atoms with E-state index in [2.05, 4.69) is 49.6 Å². The maximum absolute atomic E-state index is 5.53. The quantitative estimate of drug-likeness (QED) is 0.554. The molecule has 156 valence electrons. The van der Waals surface area contributed by atoms with E-state index in [-0.39, 0.29) is 0 Å². The Hall–Kier alpha value is -2.83. The van der Waals surface area contributed by atoms with Crippen molar-refractivity contribution < 1.29 is 4.74 Å². The Bertz CT molecular complexity index is 784. The van der Waals surface area contributed by atoms with Crippen LogP contribution >= 0.6 is 0 Å². The first-order chi connectivity index (χ1) is 14.2. The molecular formula is C22H32N6O. The average molecular weight is 397 g/mol. The number of piperidine rings is 1. The zero-order valence-electron chi connectivity index (χ0n) is 17.7. The monoisotopic (exact) mass is 396 g/mol. The standard InChI is InChI=1S/C22H32N6O/c1-4-14-29-21-9-8-18(15-24-21)16-25-22(23-3)27-19-10-12-28(13-11-19)20-7-5-6-17(2)26-20/h5-9,15,19H,4,10-14,16H2,1-3H3,(H2,23,25,27). The van der Waals surface area contributed by atoms with E-state index in [9.17, 15) is 0 Å². The Kier molecular flexibility index (Phi) is 7.67. The average Bonchev–Trinajstić information content (AvgIpc) is 2.76. The number of guanidine groups is 1. The molecule has 1 aliphatic rings. The molecule has 2 aromatic rings. The molecule has 1 saturated heterocycles. The normalized spacial score (nSPS) is 15.3. The number of ether oxygens (including phenoxy) is 1. The summed E-state index contributed by atoms with van der Waals surface area (Å²) in [6.07, 6.45) is 4.94. The molecule has 7 heteroatoms. The van der Waals surface area contributed by atoms with E-state index in [1.54, 1.807) is 7.05 Å². The highest BCUT2D eigenvalue weighted by molar-refractivity contribution is 5.80. The summed E-state index contributed by atoms with van der Waals surface area (Å²) in [5.41, 5.74) is 2.16. The Morgan fingerprint density at radius 2 is 2.07 bits per heavy atom. The predicted octanol–water partition coefficient (Wildman–Crippen LogP) is 2.91. The number of aliphatic imine (C=N–C) groups is 1. The molecule has 3 heterocycles. The molecule has 0 aliphatic carbocycles. The van der Waals surface area contributed by atoms with Crippen molar-refractivity contribution in [1.82, 2.24) is 20.6 Å². The van der Waals surface area contributed by atoms with E-state index in [1.807, 2.05) is 31.3 Å². The van der Waals surface area contributed by atoms with Crippen LogP contribution in [-0.4, -0.2) is 48.7 Å². The molecule has 0 bridgehead atoms. The van der Waals surface area contributed by atoms with E-state index in [0.29, 0.717) is 25.1 Å². The summed E-state index contributed by atoms with van der Waals surface area (Å²) >= 11 is 0. The van der Waals surface area contributed by atoms with Crippen molar-refractivity contribution in [3.63, 3.8) is 0 Å². The van der Waals surface area contributed by atoms with Crippen LogP contribution in [0.4, 0.5) is 5.82 Å². The minimum Gasteiger partial charge on any atom is -0.478 e. The molecule has 0 atom stereocenters. The molecule has 1 aliphatic heterocycles. The Morgan fingerprint density at radius 1 is 1.24 bits per heavy atom. The van der Waals surface area contributed by atoms with Gasteiger partial charge in [-0.1, -0.05) is 19.1 Å². The van der Waals surface area contributed by atoms with Crippen LogP contribution < -0.4 is 20.3 Å². The second kappa shape index (κ2) is 10.6. The van der Waals surface area contributed by atoms with Gasteiger partial charge >= 0.3 is 0 Å². The third kappa shape index (κ3) is 6.34. The minimum atomic E-state index is 0.408. The molecule has 29 heavy (non-hydrogen) atoms. The van der Waals surface area contributed by atoms with Crippen LogP contribution in [0.1, 0.15) is 37.4 Å². The second-order valence-corrected chi connectivity index (χ2v) is 7.32. The predicted molar refractivity (Wildman–Crippen MR) is 118 cm³/mol. The van der Waals surface area contributed by atoms with Gasteiger partial charge < -0.3 is 20.3 Å². The number of pyridine rings is 2. The lowest BCUT2D eigenvalue weighted by Crippen LogP contribution is -2.48. The van der Waals surface area contributed by atoms with E-state index in [4.69, 9.17) is 4.74 Å². The molecular weight excluding hydrogens is 364 g/mol. The summed E-state index contributed by atoms with van der Waals surface area (Å²) in [6.45, 7) is 7.48. The lowest BCUT2D eigenvalue weighted by Gasteiger charge is -2.34. The van der Waals surface area contributed by atoms with Gasteiger partial charge in [0.15, 0.2) is 5.96 Å². The molecule has 0 unspecified atom stereocenters. The Labute approximate surface area is 173 Å². The smallest absolute Gasteiger partial charge is 0.213 e. The number of rotatable bonds is 7. The van der Waals surface area contributed by atoms with Crippen molar-refractivity contribution in [2.45, 2.75) is 45.7 Å². The lowest BCUT2D eigenvalue weighted by molar-refractivity contribution is 0.305. The van der Waals surface area contributed by atoms with Crippen LogP contribution in [0.5, 0.6) is 5.88 Å². The van der Waals surface area contributed by atoms with Crippen LogP contribution in [0.3, 0.4) is 0 Å². The van der Waals surface area contributed by atoms with E-state index >= 15 is 0 Å². The molecule has 0 saturated carbocycles. The first-order valence-electron chi connectivity index (χ1n) is 10.4. The van der Waals surface area contributed by atoms with Gasteiger partial charge in [-0.05, 0) is 43.9 Å². The highest BCUT2D eigenvalue weighted by Gasteiger charge is 2.20. The van der Waals surface area contributed by atoms with Crippen molar-refractivity contribution in [3.05, 3.63) is 47.8 Å². The minimum absolute atomic E-state index is 0.408. The largest absolute Gasteiger partial charge is 0.478 e. The summed E-state index contributed by atoms with van der Waals surface area (Å²) in [5.74, 6) is 2.57. The molecule has 0 radical (unpaired) electrons.